The van der Waals surface area contributed by atoms with Gasteiger partial charge in [0.05, 0.1) is 24.7 Å². The summed E-state index contributed by atoms with van der Waals surface area (Å²) < 4.78 is 39.4. The number of nitrogens with zero attached hydrogens (tertiary/aromatic N) is 2. The molecule has 0 spiro atoms. The summed E-state index contributed by atoms with van der Waals surface area (Å²) in [6.07, 6.45) is -1.79. The van der Waals surface area contributed by atoms with Crippen LogP contribution in [0.2, 0.25) is 0 Å². The number of hydrogen-bond acceptors (Lipinski definition) is 5. The lowest BCUT2D eigenvalue weighted by molar-refractivity contribution is -0.174. The molecule has 4 fully saturated rings. The Kier molecular flexibility index (Phi) is 6.82. The average Bonchev–Trinajstić information content (AvgIpc) is 2.68. The molecule has 1 aliphatic carbocycles. The van der Waals surface area contributed by atoms with Gasteiger partial charge in [-0.1, -0.05) is 0 Å². The molecule has 0 bridgehead atoms. The zero-order valence-electron chi connectivity index (χ0n) is 17.1. The Morgan fingerprint density at radius 3 is 2.57 bits per heavy atom. The SMILES string of the molecule is COC1CNC(N2CC(=O)N(CC3CCC(Cl)C(F)C3)[C@H](C3COC3)C2=O)C(F)C1. The molecule has 7 nitrogen and oxygen atoms in total. The van der Waals surface area contributed by atoms with Crippen molar-refractivity contribution in [2.75, 3.05) is 40.0 Å². The van der Waals surface area contributed by atoms with E-state index in [9.17, 15) is 18.4 Å². The van der Waals surface area contributed by atoms with Gasteiger partial charge in [0.2, 0.25) is 11.8 Å². The number of amides is 2. The number of methoxy groups -OCH3 is 1. The van der Waals surface area contributed by atoms with Gasteiger partial charge in [-0.3, -0.25) is 14.9 Å². The van der Waals surface area contributed by atoms with Gasteiger partial charge < -0.3 is 19.3 Å². The van der Waals surface area contributed by atoms with Crippen LogP contribution in [0.15, 0.2) is 0 Å². The highest BCUT2D eigenvalue weighted by atomic mass is 35.5. The first-order chi connectivity index (χ1) is 14.4. The first-order valence-electron chi connectivity index (χ1n) is 10.7. The van der Waals surface area contributed by atoms with E-state index in [0.717, 1.165) is 6.42 Å². The van der Waals surface area contributed by atoms with Gasteiger partial charge in [-0.15, -0.1) is 11.6 Å². The van der Waals surface area contributed by atoms with Crippen molar-refractivity contribution < 1.29 is 27.8 Å². The van der Waals surface area contributed by atoms with Crippen LogP contribution < -0.4 is 5.32 Å². The minimum Gasteiger partial charge on any atom is -0.380 e. The summed E-state index contributed by atoms with van der Waals surface area (Å²) in [5.74, 6) is -0.645. The number of halogens is 3. The van der Waals surface area contributed by atoms with Crippen molar-refractivity contribution in [1.29, 1.82) is 0 Å². The van der Waals surface area contributed by atoms with Crippen LogP contribution in [0, 0.1) is 11.8 Å². The zero-order valence-corrected chi connectivity index (χ0v) is 17.9. The summed E-state index contributed by atoms with van der Waals surface area (Å²) in [7, 11) is 1.53. The van der Waals surface area contributed by atoms with Gasteiger partial charge in [0.25, 0.3) is 0 Å². The maximum atomic E-state index is 14.8. The van der Waals surface area contributed by atoms with E-state index in [0.29, 0.717) is 39.1 Å². The fraction of sp³-hybridized carbons (Fsp3) is 0.900. The Hall–Kier alpha value is -1.03. The van der Waals surface area contributed by atoms with Crippen molar-refractivity contribution in [3.63, 3.8) is 0 Å². The van der Waals surface area contributed by atoms with E-state index < -0.39 is 29.9 Å². The number of piperazine rings is 1. The Balaban J connectivity index is 1.48. The molecule has 0 aromatic heterocycles. The van der Waals surface area contributed by atoms with Crippen LogP contribution in [-0.2, 0) is 19.1 Å². The summed E-state index contributed by atoms with van der Waals surface area (Å²) in [5.41, 5.74) is 0. The van der Waals surface area contributed by atoms with Crippen LogP contribution in [0.1, 0.15) is 25.7 Å². The molecule has 7 atom stereocenters. The molecule has 6 unspecified atom stereocenters. The quantitative estimate of drug-likeness (QED) is 0.636. The van der Waals surface area contributed by atoms with Crippen molar-refractivity contribution >= 4 is 23.4 Å². The highest BCUT2D eigenvalue weighted by molar-refractivity contribution is 6.21. The van der Waals surface area contributed by atoms with Gasteiger partial charge in [0.15, 0.2) is 0 Å². The summed E-state index contributed by atoms with van der Waals surface area (Å²) in [5, 5.41) is 2.55. The Labute approximate surface area is 180 Å². The molecule has 3 heterocycles. The van der Waals surface area contributed by atoms with Crippen LogP contribution >= 0.6 is 11.6 Å². The third-order valence-corrected chi connectivity index (χ3v) is 7.41. The summed E-state index contributed by atoms with van der Waals surface area (Å²) in [6, 6.07) is -0.694. The lowest BCUT2D eigenvalue weighted by Crippen LogP contribution is -2.71. The molecule has 4 aliphatic rings. The van der Waals surface area contributed by atoms with Gasteiger partial charge in [-0.2, -0.15) is 0 Å². The van der Waals surface area contributed by atoms with E-state index in [1.54, 1.807) is 4.90 Å². The van der Waals surface area contributed by atoms with E-state index in [1.165, 1.54) is 12.0 Å². The number of hydrogen-bond donors (Lipinski definition) is 1. The first kappa shape index (κ1) is 22.2. The number of alkyl halides is 3. The van der Waals surface area contributed by atoms with Crippen molar-refractivity contribution in [2.24, 2.45) is 11.8 Å². The highest BCUT2D eigenvalue weighted by Gasteiger charge is 2.50. The normalized spacial score (nSPS) is 41.1. The fourth-order valence-corrected chi connectivity index (χ4v) is 5.28. The van der Waals surface area contributed by atoms with Crippen molar-refractivity contribution in [3.8, 4) is 0 Å². The molecule has 30 heavy (non-hydrogen) atoms. The Morgan fingerprint density at radius 1 is 1.20 bits per heavy atom. The van der Waals surface area contributed by atoms with Crippen molar-refractivity contribution in [2.45, 2.75) is 61.7 Å². The summed E-state index contributed by atoms with van der Waals surface area (Å²) in [6.45, 7) is 1.34. The number of carbonyl (C=O) groups excluding carboxylic acids is 2. The molecule has 1 saturated carbocycles. The first-order valence-corrected chi connectivity index (χ1v) is 11.2. The molecule has 2 amide bonds. The van der Waals surface area contributed by atoms with Gasteiger partial charge in [-0.05, 0) is 25.2 Å². The molecule has 3 aliphatic heterocycles. The number of nitrogens with one attached hydrogen (secondary N) is 1. The summed E-state index contributed by atoms with van der Waals surface area (Å²) in [4.78, 5) is 29.4. The molecule has 3 saturated heterocycles. The van der Waals surface area contributed by atoms with Gasteiger partial charge in [0, 0.05) is 32.5 Å². The van der Waals surface area contributed by atoms with Gasteiger partial charge >= 0.3 is 0 Å². The molecule has 0 aromatic carbocycles. The van der Waals surface area contributed by atoms with Crippen LogP contribution in [-0.4, -0.2) is 97.6 Å². The van der Waals surface area contributed by atoms with Crippen LogP contribution in [0.5, 0.6) is 0 Å². The third-order valence-electron chi connectivity index (χ3n) is 6.92. The van der Waals surface area contributed by atoms with E-state index in [2.05, 4.69) is 5.32 Å². The van der Waals surface area contributed by atoms with E-state index in [-0.39, 0.29) is 42.7 Å². The molecule has 4 rings (SSSR count). The number of piperidine rings is 1. The maximum Gasteiger partial charge on any atom is 0.247 e. The van der Waals surface area contributed by atoms with E-state index in [1.807, 2.05) is 0 Å². The van der Waals surface area contributed by atoms with Crippen LogP contribution in [0.3, 0.4) is 0 Å². The van der Waals surface area contributed by atoms with Gasteiger partial charge in [-0.25, -0.2) is 8.78 Å². The van der Waals surface area contributed by atoms with Gasteiger partial charge in [0.1, 0.15) is 31.1 Å². The largest absolute Gasteiger partial charge is 0.380 e. The lowest BCUT2D eigenvalue weighted by atomic mass is 9.85. The average molecular weight is 450 g/mol. The van der Waals surface area contributed by atoms with Crippen LogP contribution in [0.25, 0.3) is 0 Å². The monoisotopic (exact) mass is 449 g/mol. The highest BCUT2D eigenvalue weighted by Crippen LogP contribution is 2.34. The lowest BCUT2D eigenvalue weighted by Gasteiger charge is -2.50. The van der Waals surface area contributed by atoms with Crippen molar-refractivity contribution in [1.82, 2.24) is 15.1 Å². The molecule has 10 heteroatoms. The Morgan fingerprint density at radius 2 is 1.97 bits per heavy atom. The summed E-state index contributed by atoms with van der Waals surface area (Å²) >= 11 is 5.99. The predicted molar refractivity (Wildman–Crippen MR) is 106 cm³/mol. The van der Waals surface area contributed by atoms with Crippen LogP contribution in [0.4, 0.5) is 8.78 Å². The Bertz CT molecular complexity index is 656. The van der Waals surface area contributed by atoms with E-state index in [4.69, 9.17) is 21.1 Å². The topological polar surface area (TPSA) is 71.1 Å². The fourth-order valence-electron chi connectivity index (χ4n) is 5.05. The second-order valence-corrected chi connectivity index (χ2v) is 9.49. The number of ether oxygens (including phenoxy) is 2. The minimum atomic E-state index is -1.32. The predicted octanol–water partition coefficient (Wildman–Crippen LogP) is 1.09. The number of carbonyl (C=O) groups is 2. The standard InChI is InChI=1S/C20H30ClF2N3O4/c1-29-13-5-16(23)19(24-6-13)26-8-17(27)25(18(20(26)28)12-9-30-10-12)7-11-2-3-14(21)15(22)4-11/h11-16,18-19,24H,2-10H2,1H3/t11?,13?,14?,15?,16?,18-,19?/m1/s1. The minimum absolute atomic E-state index is 0.0361. The van der Waals surface area contributed by atoms with Crippen molar-refractivity contribution in [3.05, 3.63) is 0 Å². The maximum absolute atomic E-state index is 14.8. The van der Waals surface area contributed by atoms with E-state index >= 15 is 0 Å². The second-order valence-electron chi connectivity index (χ2n) is 8.93. The second kappa shape index (κ2) is 9.22. The zero-order chi connectivity index (χ0) is 21.4. The molecular formula is C20H30ClF2N3O4. The molecule has 0 aromatic rings. The smallest absolute Gasteiger partial charge is 0.247 e. The molecule has 1 N–H and O–H groups in total. The number of rotatable bonds is 5. The molecular weight excluding hydrogens is 420 g/mol. The molecule has 0 radical (unpaired) electrons. The third kappa shape index (κ3) is 4.31. The molecule has 170 valence electrons.